The molecule has 0 saturated carbocycles. The van der Waals surface area contributed by atoms with Gasteiger partial charge in [0.25, 0.3) is 5.91 Å². The van der Waals surface area contributed by atoms with Gasteiger partial charge in [0.05, 0.1) is 6.10 Å². The van der Waals surface area contributed by atoms with Gasteiger partial charge in [0.2, 0.25) is 0 Å². The fraction of sp³-hybridized carbons (Fsp3) is 0.588. The predicted octanol–water partition coefficient (Wildman–Crippen LogP) is 3.24. The molecule has 124 valence electrons. The Bertz CT molecular complexity index is 464. The van der Waals surface area contributed by atoms with Gasteiger partial charge in [0.15, 0.2) is 0 Å². The minimum absolute atomic E-state index is 0. The highest BCUT2D eigenvalue weighted by molar-refractivity contribution is 5.94. The van der Waals surface area contributed by atoms with E-state index in [-0.39, 0.29) is 30.5 Å². The largest absolute Gasteiger partial charge is 0.491 e. The van der Waals surface area contributed by atoms with Gasteiger partial charge < -0.3 is 15.4 Å². The van der Waals surface area contributed by atoms with Crippen LogP contribution >= 0.6 is 12.4 Å². The number of nitrogens with zero attached hydrogens (tertiary/aromatic N) is 1. The average molecular weight is 327 g/mol. The predicted molar refractivity (Wildman–Crippen MR) is 91.8 cm³/mol. The maximum Gasteiger partial charge on any atom is 0.254 e. The number of carbonyl (C=O) groups is 1. The van der Waals surface area contributed by atoms with Crippen LogP contribution in [0, 0.1) is 0 Å². The molecule has 0 bridgehead atoms. The van der Waals surface area contributed by atoms with Crippen LogP contribution in [-0.2, 0) is 0 Å². The molecule has 0 aliphatic carbocycles. The maximum absolute atomic E-state index is 12.6. The van der Waals surface area contributed by atoms with E-state index in [1.165, 1.54) is 0 Å². The molecular weight excluding hydrogens is 300 g/mol. The Labute approximate surface area is 139 Å². The van der Waals surface area contributed by atoms with E-state index in [2.05, 4.69) is 6.92 Å². The molecule has 1 aromatic carbocycles. The molecule has 2 atom stereocenters. The van der Waals surface area contributed by atoms with Crippen LogP contribution in [0.2, 0.25) is 0 Å². The van der Waals surface area contributed by atoms with Gasteiger partial charge in [0, 0.05) is 24.7 Å². The monoisotopic (exact) mass is 326 g/mol. The summed E-state index contributed by atoms with van der Waals surface area (Å²) in [4.78, 5) is 14.5. The molecule has 1 aliphatic heterocycles. The lowest BCUT2D eigenvalue weighted by molar-refractivity contribution is 0.0623. The maximum atomic E-state index is 12.6. The topological polar surface area (TPSA) is 55.6 Å². The van der Waals surface area contributed by atoms with Crippen molar-refractivity contribution >= 4 is 18.3 Å². The normalized spacial score (nSPS) is 19.2. The molecule has 1 saturated heterocycles. The molecule has 2 N–H and O–H groups in total. The molecule has 22 heavy (non-hydrogen) atoms. The molecule has 5 heteroatoms. The van der Waals surface area contributed by atoms with Crippen molar-refractivity contribution in [1.82, 2.24) is 4.90 Å². The molecule has 1 heterocycles. The Morgan fingerprint density at radius 3 is 2.64 bits per heavy atom. The Morgan fingerprint density at radius 1 is 1.36 bits per heavy atom. The molecule has 2 rings (SSSR count). The number of benzene rings is 1. The van der Waals surface area contributed by atoms with Gasteiger partial charge in [-0.3, -0.25) is 4.79 Å². The SMILES string of the molecule is CCC(C)Oc1ccc(C(=O)N2CCCCC2CN)cc1.Cl. The molecule has 0 radical (unpaired) electrons. The van der Waals surface area contributed by atoms with Gasteiger partial charge in [-0.05, 0) is 56.9 Å². The van der Waals surface area contributed by atoms with Crippen molar-refractivity contribution in [2.75, 3.05) is 13.1 Å². The first-order valence-electron chi connectivity index (χ1n) is 7.93. The van der Waals surface area contributed by atoms with Crippen LogP contribution in [0.5, 0.6) is 5.75 Å². The van der Waals surface area contributed by atoms with Crippen molar-refractivity contribution in [2.45, 2.75) is 51.7 Å². The van der Waals surface area contributed by atoms with E-state index in [0.717, 1.165) is 38.0 Å². The van der Waals surface area contributed by atoms with Crippen molar-refractivity contribution in [1.29, 1.82) is 0 Å². The zero-order valence-electron chi connectivity index (χ0n) is 13.5. The van der Waals surface area contributed by atoms with Crippen LogP contribution in [-0.4, -0.2) is 36.0 Å². The summed E-state index contributed by atoms with van der Waals surface area (Å²) in [7, 11) is 0. The van der Waals surface area contributed by atoms with Gasteiger partial charge in [-0.1, -0.05) is 6.92 Å². The second kappa shape index (κ2) is 9.01. The van der Waals surface area contributed by atoms with E-state index >= 15 is 0 Å². The molecule has 1 fully saturated rings. The lowest BCUT2D eigenvalue weighted by Gasteiger charge is -2.35. The van der Waals surface area contributed by atoms with Gasteiger partial charge in [0.1, 0.15) is 5.75 Å². The number of nitrogens with two attached hydrogens (primary N) is 1. The van der Waals surface area contributed by atoms with Gasteiger partial charge in [-0.25, -0.2) is 0 Å². The molecule has 1 aromatic rings. The first-order chi connectivity index (χ1) is 10.2. The van der Waals surface area contributed by atoms with Crippen LogP contribution in [0.3, 0.4) is 0 Å². The van der Waals surface area contributed by atoms with Crippen LogP contribution in [0.1, 0.15) is 49.9 Å². The van der Waals surface area contributed by atoms with Crippen LogP contribution < -0.4 is 10.5 Å². The molecule has 0 aromatic heterocycles. The summed E-state index contributed by atoms with van der Waals surface area (Å²) in [5, 5.41) is 0. The number of carbonyl (C=O) groups excluding carboxylic acids is 1. The molecule has 1 aliphatic rings. The highest BCUT2D eigenvalue weighted by Gasteiger charge is 2.26. The first kappa shape index (κ1) is 18.8. The summed E-state index contributed by atoms with van der Waals surface area (Å²) in [6, 6.07) is 7.63. The third kappa shape index (κ3) is 4.62. The number of likely N-dealkylation sites (tertiary alicyclic amines) is 1. The lowest BCUT2D eigenvalue weighted by Crippen LogP contribution is -2.47. The standard InChI is InChI=1S/C17H26N2O2.ClH/c1-3-13(2)21-16-9-7-14(8-10-16)17(20)19-11-5-4-6-15(19)12-18;/h7-10,13,15H,3-6,11-12,18H2,1-2H3;1H. The highest BCUT2D eigenvalue weighted by Crippen LogP contribution is 2.21. The Hall–Kier alpha value is -1.26. The highest BCUT2D eigenvalue weighted by atomic mass is 35.5. The fourth-order valence-electron chi connectivity index (χ4n) is 2.67. The quantitative estimate of drug-likeness (QED) is 0.903. The van der Waals surface area contributed by atoms with E-state index in [4.69, 9.17) is 10.5 Å². The molecule has 0 spiro atoms. The fourth-order valence-corrected chi connectivity index (χ4v) is 2.67. The summed E-state index contributed by atoms with van der Waals surface area (Å²) < 4.78 is 5.74. The van der Waals surface area contributed by atoms with Crippen molar-refractivity contribution in [2.24, 2.45) is 5.73 Å². The van der Waals surface area contributed by atoms with Crippen LogP contribution in [0.15, 0.2) is 24.3 Å². The molecule has 1 amide bonds. The number of piperidine rings is 1. The van der Waals surface area contributed by atoms with Gasteiger partial charge in [-0.2, -0.15) is 0 Å². The number of ether oxygens (including phenoxy) is 1. The third-order valence-electron chi connectivity index (χ3n) is 4.17. The number of halogens is 1. The zero-order valence-corrected chi connectivity index (χ0v) is 14.3. The number of hydrogen-bond donors (Lipinski definition) is 1. The number of amides is 1. The third-order valence-corrected chi connectivity index (χ3v) is 4.17. The van der Waals surface area contributed by atoms with Crippen LogP contribution in [0.4, 0.5) is 0 Å². The summed E-state index contributed by atoms with van der Waals surface area (Å²) in [5.41, 5.74) is 6.50. The Morgan fingerprint density at radius 2 is 2.05 bits per heavy atom. The van der Waals surface area contributed by atoms with E-state index in [1.54, 1.807) is 0 Å². The van der Waals surface area contributed by atoms with Gasteiger partial charge >= 0.3 is 0 Å². The van der Waals surface area contributed by atoms with E-state index in [0.29, 0.717) is 12.1 Å². The number of hydrogen-bond acceptors (Lipinski definition) is 3. The smallest absolute Gasteiger partial charge is 0.254 e. The van der Waals surface area contributed by atoms with E-state index in [9.17, 15) is 4.79 Å². The van der Waals surface area contributed by atoms with E-state index in [1.807, 2.05) is 36.1 Å². The minimum Gasteiger partial charge on any atom is -0.491 e. The Balaban J connectivity index is 0.00000242. The van der Waals surface area contributed by atoms with Crippen molar-refractivity contribution < 1.29 is 9.53 Å². The minimum atomic E-state index is 0. The van der Waals surface area contributed by atoms with Crippen molar-refractivity contribution in [3.63, 3.8) is 0 Å². The molecular formula is C17H27ClN2O2. The van der Waals surface area contributed by atoms with Gasteiger partial charge in [-0.15, -0.1) is 12.4 Å². The summed E-state index contributed by atoms with van der Waals surface area (Å²) in [6.07, 6.45) is 4.39. The summed E-state index contributed by atoms with van der Waals surface area (Å²) in [6.45, 7) is 5.48. The first-order valence-corrected chi connectivity index (χ1v) is 7.93. The van der Waals surface area contributed by atoms with Crippen molar-refractivity contribution in [3.05, 3.63) is 29.8 Å². The summed E-state index contributed by atoms with van der Waals surface area (Å²) >= 11 is 0. The second-order valence-corrected chi connectivity index (χ2v) is 5.74. The Kier molecular flexibility index (Phi) is 7.69. The second-order valence-electron chi connectivity index (χ2n) is 5.74. The van der Waals surface area contributed by atoms with E-state index < -0.39 is 0 Å². The molecule has 2 unspecified atom stereocenters. The summed E-state index contributed by atoms with van der Waals surface area (Å²) in [5.74, 6) is 0.898. The van der Waals surface area contributed by atoms with Crippen molar-refractivity contribution in [3.8, 4) is 5.75 Å². The zero-order chi connectivity index (χ0) is 15.2. The van der Waals surface area contributed by atoms with Crippen LogP contribution in [0.25, 0.3) is 0 Å². The average Bonchev–Trinajstić information content (AvgIpc) is 2.54. The lowest BCUT2D eigenvalue weighted by atomic mass is 10.0. The molecule has 4 nitrogen and oxygen atoms in total. The number of rotatable bonds is 5.